The first-order valence-corrected chi connectivity index (χ1v) is 21.0. The van der Waals surface area contributed by atoms with E-state index in [0.717, 1.165) is 107 Å². The molecule has 2 nitrogen and oxygen atoms in total. The maximum absolute atomic E-state index is 7.45. The zero-order chi connectivity index (χ0) is 29.1. The van der Waals surface area contributed by atoms with Gasteiger partial charge in [0.25, 0.3) is 0 Å². The van der Waals surface area contributed by atoms with E-state index in [1.807, 2.05) is 0 Å². The first kappa shape index (κ1) is 28.9. The highest BCUT2D eigenvalue weighted by molar-refractivity contribution is 5.07. The van der Waals surface area contributed by atoms with Gasteiger partial charge in [-0.15, -0.1) is 0 Å². The second kappa shape index (κ2) is 11.2. The van der Waals surface area contributed by atoms with Gasteiger partial charge in [-0.1, -0.05) is 38.5 Å². The van der Waals surface area contributed by atoms with Gasteiger partial charge >= 0.3 is 0 Å². The zero-order valence-corrected chi connectivity index (χ0v) is 28.3. The van der Waals surface area contributed by atoms with Crippen molar-refractivity contribution in [1.82, 2.24) is 0 Å². The quantitative estimate of drug-likeness (QED) is 0.291. The summed E-state index contributed by atoms with van der Waals surface area (Å²) in [4.78, 5) is 0. The third-order valence-corrected chi connectivity index (χ3v) is 18.9. The largest absolute Gasteiger partial charge is 0.327 e. The van der Waals surface area contributed by atoms with Crippen molar-refractivity contribution in [3.05, 3.63) is 0 Å². The van der Waals surface area contributed by atoms with Gasteiger partial charge in [0, 0.05) is 12.1 Å². The molecule has 10 aliphatic rings. The molecule has 44 heavy (non-hydrogen) atoms. The van der Waals surface area contributed by atoms with Crippen molar-refractivity contribution < 1.29 is 0 Å². The summed E-state index contributed by atoms with van der Waals surface area (Å²) in [5, 5.41) is 0. The van der Waals surface area contributed by atoms with Crippen LogP contribution in [0.2, 0.25) is 0 Å². The monoisotopic (exact) mass is 601 g/mol. The molecule has 0 aliphatic heterocycles. The van der Waals surface area contributed by atoms with Gasteiger partial charge in [-0.2, -0.15) is 0 Å². The van der Waals surface area contributed by atoms with Crippen LogP contribution in [0.15, 0.2) is 0 Å². The molecular formula is C42H68N2. The van der Waals surface area contributed by atoms with Gasteiger partial charge in [-0.05, 0) is 209 Å². The lowest BCUT2D eigenvalue weighted by atomic mass is 9.46. The van der Waals surface area contributed by atoms with Gasteiger partial charge in [0.1, 0.15) is 0 Å². The highest BCUT2D eigenvalue weighted by Crippen LogP contribution is 2.63. The second-order valence-electron chi connectivity index (χ2n) is 20.4. The van der Waals surface area contributed by atoms with Gasteiger partial charge in [-0.3, -0.25) is 0 Å². The first-order chi connectivity index (χ1) is 21.5. The van der Waals surface area contributed by atoms with Crippen LogP contribution < -0.4 is 11.5 Å². The van der Waals surface area contributed by atoms with Crippen molar-refractivity contribution in [2.24, 2.45) is 118 Å². The predicted molar refractivity (Wildman–Crippen MR) is 180 cm³/mol. The van der Waals surface area contributed by atoms with E-state index in [2.05, 4.69) is 0 Å². The lowest BCUT2D eigenvalue weighted by molar-refractivity contribution is -0.0879. The Bertz CT molecular complexity index is 1050. The van der Waals surface area contributed by atoms with Crippen molar-refractivity contribution in [3.8, 4) is 0 Å². The van der Waals surface area contributed by atoms with Crippen LogP contribution >= 0.6 is 0 Å². The van der Waals surface area contributed by atoms with Crippen LogP contribution in [-0.2, 0) is 0 Å². The summed E-state index contributed by atoms with van der Waals surface area (Å²) in [5.41, 5.74) is 14.2. The van der Waals surface area contributed by atoms with Crippen LogP contribution in [0.4, 0.5) is 0 Å². The average Bonchev–Trinajstić information content (AvgIpc) is 3.03. The highest BCUT2D eigenvalue weighted by atomic mass is 14.7. The van der Waals surface area contributed by atoms with Crippen LogP contribution in [0.3, 0.4) is 0 Å². The number of nitrogens with two attached hydrogens (primary N) is 2. The number of hydrogen-bond donors (Lipinski definition) is 2. The first-order valence-electron chi connectivity index (χ1n) is 21.0. The van der Waals surface area contributed by atoms with Gasteiger partial charge < -0.3 is 11.5 Å². The van der Waals surface area contributed by atoms with Gasteiger partial charge in [0.15, 0.2) is 0 Å². The van der Waals surface area contributed by atoms with Crippen molar-refractivity contribution in [2.75, 3.05) is 0 Å². The number of hydrogen-bond acceptors (Lipinski definition) is 2. The van der Waals surface area contributed by atoms with E-state index in [0.29, 0.717) is 12.1 Å². The Balaban J connectivity index is 0.801. The zero-order valence-electron chi connectivity index (χ0n) is 28.3. The molecule has 4 N–H and O–H groups in total. The van der Waals surface area contributed by atoms with Crippen LogP contribution in [0.1, 0.15) is 141 Å². The fourth-order valence-corrected chi connectivity index (χ4v) is 17.0. The predicted octanol–water partition coefficient (Wildman–Crippen LogP) is 9.45. The molecule has 0 aromatic carbocycles. The smallest absolute Gasteiger partial charge is 0.0101 e. The summed E-state index contributed by atoms with van der Waals surface area (Å²) in [6, 6.07) is 1.07. The second-order valence-corrected chi connectivity index (χ2v) is 20.4. The summed E-state index contributed by atoms with van der Waals surface area (Å²) < 4.78 is 0. The Morgan fingerprint density at radius 2 is 0.568 bits per heavy atom. The molecule has 2 heteroatoms. The Kier molecular flexibility index (Phi) is 7.38. The molecule has 0 amide bonds. The molecule has 0 spiro atoms. The minimum Gasteiger partial charge on any atom is -0.327 e. The molecule has 0 bridgehead atoms. The van der Waals surface area contributed by atoms with Gasteiger partial charge in [-0.25, -0.2) is 0 Å². The topological polar surface area (TPSA) is 52.0 Å². The van der Waals surface area contributed by atoms with E-state index in [4.69, 9.17) is 11.5 Å². The van der Waals surface area contributed by atoms with Crippen molar-refractivity contribution in [1.29, 1.82) is 0 Å². The maximum Gasteiger partial charge on any atom is 0.0101 e. The van der Waals surface area contributed by atoms with Gasteiger partial charge in [0.05, 0.1) is 0 Å². The molecule has 20 atom stereocenters. The Morgan fingerprint density at radius 1 is 0.250 bits per heavy atom. The average molecular weight is 601 g/mol. The maximum atomic E-state index is 7.45. The van der Waals surface area contributed by atoms with Crippen LogP contribution in [0.5, 0.6) is 0 Å². The Labute approximate surface area is 270 Å². The SMILES string of the molecule is NC1CCCC2CC3CC4CC5CC6CC7C(CC6CC5CC4CC3CC12)CC1CC2CC3CCCCC3CC2CC1C7N. The third-order valence-electron chi connectivity index (χ3n) is 18.9. The van der Waals surface area contributed by atoms with Crippen LogP contribution in [0.25, 0.3) is 0 Å². The minimum absolute atomic E-state index is 0.527. The molecule has 0 aromatic rings. The minimum atomic E-state index is 0.527. The number of rotatable bonds is 0. The van der Waals surface area contributed by atoms with E-state index in [1.54, 1.807) is 89.9 Å². The molecule has 0 radical (unpaired) electrons. The number of fused-ring (bicyclic) bond motifs is 9. The summed E-state index contributed by atoms with van der Waals surface area (Å²) in [6.45, 7) is 0. The molecule has 246 valence electrons. The molecule has 0 saturated heterocycles. The van der Waals surface area contributed by atoms with E-state index >= 15 is 0 Å². The normalized spacial score (nSPS) is 61.2. The summed E-state index contributed by atoms with van der Waals surface area (Å²) in [6.07, 6.45) is 34.1. The molecule has 10 saturated carbocycles. The Morgan fingerprint density at radius 3 is 1.05 bits per heavy atom. The summed E-state index contributed by atoms with van der Waals surface area (Å²) >= 11 is 0. The molecular weight excluding hydrogens is 532 g/mol. The van der Waals surface area contributed by atoms with Crippen molar-refractivity contribution in [3.63, 3.8) is 0 Å². The molecule has 0 aromatic heterocycles. The molecule has 10 aliphatic carbocycles. The van der Waals surface area contributed by atoms with E-state index in [9.17, 15) is 0 Å². The molecule has 10 rings (SSSR count). The third kappa shape index (κ3) is 4.80. The Hall–Kier alpha value is -0.0800. The van der Waals surface area contributed by atoms with Crippen molar-refractivity contribution >= 4 is 0 Å². The highest BCUT2D eigenvalue weighted by Gasteiger charge is 2.55. The molecule has 10 fully saturated rings. The van der Waals surface area contributed by atoms with E-state index < -0.39 is 0 Å². The molecule has 0 heterocycles. The fourth-order valence-electron chi connectivity index (χ4n) is 17.0. The summed E-state index contributed by atoms with van der Waals surface area (Å²) in [5.74, 6) is 18.3. The van der Waals surface area contributed by atoms with Gasteiger partial charge in [0.2, 0.25) is 0 Å². The standard InChI is InChI=1S/C42H68N2/c43-41-7-3-6-25-10-27-11-28-12-31-16-35-22-40-37(18-32(35)14-29(31)13-30(28)15-34(27)20-38(25)41)19-36-17-26-8-23-4-1-2-5-24(23)9-33(26)21-39(36)42(40)44/h23-42H,1-22,43-44H2. The molecule has 20 unspecified atom stereocenters. The van der Waals surface area contributed by atoms with E-state index in [-0.39, 0.29) is 0 Å². The van der Waals surface area contributed by atoms with Crippen LogP contribution in [0, 0.1) is 107 Å². The van der Waals surface area contributed by atoms with E-state index in [1.165, 1.54) is 51.4 Å². The van der Waals surface area contributed by atoms with Crippen molar-refractivity contribution in [2.45, 2.75) is 153 Å². The summed E-state index contributed by atoms with van der Waals surface area (Å²) in [7, 11) is 0. The lowest BCUT2D eigenvalue weighted by Gasteiger charge is -2.60. The fraction of sp³-hybridized carbons (Fsp3) is 1.00. The van der Waals surface area contributed by atoms with Crippen LogP contribution in [-0.4, -0.2) is 12.1 Å². The lowest BCUT2D eigenvalue weighted by Crippen LogP contribution is -2.56.